The van der Waals surface area contributed by atoms with Crippen LogP contribution in [-0.2, 0) is 24.9 Å². The zero-order valence-corrected chi connectivity index (χ0v) is 15.5. The van der Waals surface area contributed by atoms with Gasteiger partial charge in [-0.05, 0) is 27.7 Å². The summed E-state index contributed by atoms with van der Waals surface area (Å²) in [5, 5.41) is 8.06. The monoisotopic (exact) mass is 374 g/mol. The highest BCUT2D eigenvalue weighted by Gasteiger charge is 2.28. The highest BCUT2D eigenvalue weighted by Crippen LogP contribution is 2.50. The average molecular weight is 374 g/mol. The van der Waals surface area contributed by atoms with Gasteiger partial charge in [-0.1, -0.05) is 0 Å². The van der Waals surface area contributed by atoms with E-state index < -0.39 is 13.2 Å². The first kappa shape index (κ1) is 19.5. The fourth-order valence-electron chi connectivity index (χ4n) is 2.03. The minimum atomic E-state index is -3.35. The summed E-state index contributed by atoms with van der Waals surface area (Å²) < 4.78 is 28.8. The zero-order chi connectivity index (χ0) is 18.6. The van der Waals surface area contributed by atoms with Crippen LogP contribution in [0.5, 0.6) is 0 Å². The van der Waals surface area contributed by atoms with Gasteiger partial charge in [-0.25, -0.2) is 0 Å². The summed E-state index contributed by atoms with van der Waals surface area (Å²) in [5.41, 5.74) is 5.23. The van der Waals surface area contributed by atoms with Gasteiger partial charge in [-0.2, -0.15) is 9.78 Å². The molecule has 0 atom stereocenters. The van der Waals surface area contributed by atoms with Crippen molar-refractivity contribution in [3.05, 3.63) is 10.4 Å². The predicted octanol–water partition coefficient (Wildman–Crippen LogP) is 1.11. The van der Waals surface area contributed by atoms with Crippen molar-refractivity contribution < 1.29 is 18.3 Å². The molecule has 0 radical (unpaired) electrons. The summed E-state index contributed by atoms with van der Waals surface area (Å²) >= 11 is 0. The van der Waals surface area contributed by atoms with E-state index >= 15 is 0 Å². The molecular formula is C13H23N6O5P. The van der Waals surface area contributed by atoms with Gasteiger partial charge in [0, 0.05) is 0 Å². The number of aromatic amines is 1. The van der Waals surface area contributed by atoms with E-state index in [0.29, 0.717) is 0 Å². The summed E-state index contributed by atoms with van der Waals surface area (Å²) in [6.45, 7) is 7.47. The van der Waals surface area contributed by atoms with Gasteiger partial charge in [0.1, 0.15) is 6.35 Å². The van der Waals surface area contributed by atoms with Crippen LogP contribution in [0.1, 0.15) is 27.7 Å². The minimum absolute atomic E-state index is 0.0293. The average Bonchev–Trinajstić information content (AvgIpc) is 2.85. The number of nitrogens with one attached hydrogen (secondary N) is 1. The maximum absolute atomic E-state index is 12.6. The Morgan fingerprint density at radius 1 is 1.20 bits per heavy atom. The Balaban J connectivity index is 1.94. The molecule has 0 aliphatic carbocycles. The van der Waals surface area contributed by atoms with Crippen LogP contribution >= 0.6 is 7.60 Å². The molecular weight excluding hydrogens is 351 g/mol. The Labute approximate surface area is 144 Å². The SMILES string of the molecule is CC(C)OP(=O)(COCCn1nc2nc(N)[nH]c(=O)c2n1)OC(C)C. The predicted molar refractivity (Wildman–Crippen MR) is 91.2 cm³/mol. The highest BCUT2D eigenvalue weighted by atomic mass is 31.2. The third kappa shape index (κ3) is 5.60. The van der Waals surface area contributed by atoms with Crippen molar-refractivity contribution in [2.75, 3.05) is 18.7 Å². The molecule has 3 N–H and O–H groups in total. The lowest BCUT2D eigenvalue weighted by Gasteiger charge is -2.22. The van der Waals surface area contributed by atoms with Crippen molar-refractivity contribution in [1.82, 2.24) is 25.0 Å². The number of H-pyrrole nitrogens is 1. The van der Waals surface area contributed by atoms with Crippen LogP contribution in [0.3, 0.4) is 0 Å². The van der Waals surface area contributed by atoms with Crippen LogP contribution in [0, 0.1) is 0 Å². The van der Waals surface area contributed by atoms with E-state index in [4.69, 9.17) is 19.5 Å². The standard InChI is InChI=1S/C13H23N6O5P/c1-8(2)23-25(21,24-9(3)4)7-22-6-5-19-17-10-11(18-19)15-13(14)16-12(10)20/h8-9H,5-7H2,1-4H3,(H3,14,15,16,18,20). The van der Waals surface area contributed by atoms with E-state index in [-0.39, 0.29) is 48.8 Å². The summed E-state index contributed by atoms with van der Waals surface area (Å²) in [5.74, 6) is -0.0293. The van der Waals surface area contributed by atoms with E-state index in [0.717, 1.165) is 0 Å². The third-order valence-corrected chi connectivity index (χ3v) is 4.73. The Kier molecular flexibility index (Phi) is 6.28. The van der Waals surface area contributed by atoms with Gasteiger partial charge in [-0.15, -0.1) is 10.2 Å². The third-order valence-electron chi connectivity index (χ3n) is 2.75. The molecule has 25 heavy (non-hydrogen) atoms. The number of anilines is 1. The first-order valence-corrected chi connectivity index (χ1v) is 9.55. The second kappa shape index (κ2) is 8.05. The van der Waals surface area contributed by atoms with Crippen LogP contribution < -0.4 is 11.3 Å². The summed E-state index contributed by atoms with van der Waals surface area (Å²) in [6.07, 6.45) is -0.695. The largest absolute Gasteiger partial charge is 0.369 e. The van der Waals surface area contributed by atoms with Gasteiger partial charge < -0.3 is 19.5 Å². The molecule has 0 spiro atoms. The van der Waals surface area contributed by atoms with Gasteiger partial charge in [-0.3, -0.25) is 14.3 Å². The van der Waals surface area contributed by atoms with E-state index in [9.17, 15) is 9.36 Å². The lowest BCUT2D eigenvalue weighted by atomic mass is 10.5. The minimum Gasteiger partial charge on any atom is -0.369 e. The van der Waals surface area contributed by atoms with Crippen LogP contribution in [0.4, 0.5) is 5.95 Å². The van der Waals surface area contributed by atoms with E-state index in [1.54, 1.807) is 27.7 Å². The Hall–Kier alpha value is -1.81. The fraction of sp³-hybridized carbons (Fsp3) is 0.692. The molecule has 2 aromatic rings. The van der Waals surface area contributed by atoms with E-state index in [1.165, 1.54) is 4.80 Å². The van der Waals surface area contributed by atoms with Gasteiger partial charge in [0.25, 0.3) is 5.56 Å². The number of rotatable bonds is 9. The number of hydrogen-bond acceptors (Lipinski definition) is 9. The van der Waals surface area contributed by atoms with Crippen LogP contribution in [-0.4, -0.2) is 50.1 Å². The molecule has 0 saturated carbocycles. The lowest BCUT2D eigenvalue weighted by molar-refractivity contribution is 0.0938. The molecule has 0 unspecified atom stereocenters. The maximum atomic E-state index is 12.6. The Bertz CT molecular complexity index is 803. The summed E-state index contributed by atoms with van der Waals surface area (Å²) in [4.78, 5) is 19.2. The Morgan fingerprint density at radius 2 is 1.84 bits per heavy atom. The second-order valence-electron chi connectivity index (χ2n) is 5.88. The molecule has 0 bridgehead atoms. The number of ether oxygens (including phenoxy) is 1. The number of nitrogens with zero attached hydrogens (tertiary/aromatic N) is 4. The van der Waals surface area contributed by atoms with Crippen molar-refractivity contribution in [3.8, 4) is 0 Å². The molecule has 0 aliphatic heterocycles. The normalized spacial score (nSPS) is 12.6. The molecule has 0 aliphatic rings. The van der Waals surface area contributed by atoms with Crippen molar-refractivity contribution in [2.24, 2.45) is 0 Å². The van der Waals surface area contributed by atoms with Crippen LogP contribution in [0.2, 0.25) is 0 Å². The molecule has 12 heteroatoms. The molecule has 0 aromatic carbocycles. The maximum Gasteiger partial charge on any atom is 0.356 e. The topological polar surface area (TPSA) is 147 Å². The summed E-state index contributed by atoms with van der Waals surface area (Å²) in [7, 11) is -3.35. The van der Waals surface area contributed by atoms with E-state index in [2.05, 4.69) is 20.2 Å². The highest BCUT2D eigenvalue weighted by molar-refractivity contribution is 7.53. The molecule has 2 heterocycles. The van der Waals surface area contributed by atoms with Crippen molar-refractivity contribution in [1.29, 1.82) is 0 Å². The molecule has 11 nitrogen and oxygen atoms in total. The second-order valence-corrected chi connectivity index (χ2v) is 7.78. The number of nitrogen functional groups attached to an aromatic ring is 1. The van der Waals surface area contributed by atoms with Crippen molar-refractivity contribution in [3.63, 3.8) is 0 Å². The first-order chi connectivity index (χ1) is 11.7. The Morgan fingerprint density at radius 3 is 2.44 bits per heavy atom. The molecule has 2 aromatic heterocycles. The summed E-state index contributed by atoms with van der Waals surface area (Å²) in [6, 6.07) is 0. The van der Waals surface area contributed by atoms with Crippen molar-refractivity contribution in [2.45, 2.75) is 46.4 Å². The van der Waals surface area contributed by atoms with Gasteiger partial charge in [0.05, 0.1) is 25.4 Å². The number of nitrogens with two attached hydrogens (primary N) is 1. The van der Waals surface area contributed by atoms with Gasteiger partial charge in [0.15, 0.2) is 5.52 Å². The smallest absolute Gasteiger partial charge is 0.356 e. The number of fused-ring (bicyclic) bond motifs is 1. The van der Waals surface area contributed by atoms with Crippen molar-refractivity contribution >= 4 is 24.7 Å². The number of aromatic nitrogens is 5. The molecule has 0 saturated heterocycles. The van der Waals surface area contributed by atoms with Gasteiger partial charge in [0.2, 0.25) is 11.6 Å². The number of hydrogen-bond donors (Lipinski definition) is 2. The molecule has 2 rings (SSSR count). The van der Waals surface area contributed by atoms with Crippen LogP contribution in [0.25, 0.3) is 11.2 Å². The molecule has 0 fully saturated rings. The lowest BCUT2D eigenvalue weighted by Crippen LogP contribution is -2.14. The van der Waals surface area contributed by atoms with Gasteiger partial charge >= 0.3 is 7.60 Å². The molecule has 140 valence electrons. The quantitative estimate of drug-likeness (QED) is 0.486. The van der Waals surface area contributed by atoms with E-state index in [1.807, 2.05) is 0 Å². The first-order valence-electron chi connectivity index (χ1n) is 7.83. The molecule has 0 amide bonds. The fourth-order valence-corrected chi connectivity index (χ4v) is 3.84. The zero-order valence-electron chi connectivity index (χ0n) is 14.6. The van der Waals surface area contributed by atoms with Crippen LogP contribution in [0.15, 0.2) is 4.79 Å².